The second-order valence-electron chi connectivity index (χ2n) is 4.89. The minimum atomic E-state index is 0.139. The molecule has 0 aliphatic heterocycles. The lowest BCUT2D eigenvalue weighted by Gasteiger charge is -2.18. The molecule has 0 saturated heterocycles. The summed E-state index contributed by atoms with van der Waals surface area (Å²) < 4.78 is 0. The molecule has 4 heteroatoms. The maximum atomic E-state index is 8.86. The average Bonchev–Trinajstić information content (AvgIpc) is 2.56. The summed E-state index contributed by atoms with van der Waals surface area (Å²) in [7, 11) is 0. The van der Waals surface area contributed by atoms with E-state index in [4.69, 9.17) is 10.9 Å². The molecular formula is C17H21N3O. The minimum Gasteiger partial charge on any atom is -0.409 e. The lowest BCUT2D eigenvalue weighted by Crippen LogP contribution is -2.23. The molecule has 1 atom stereocenters. The average molecular weight is 283 g/mol. The molecule has 0 aromatic heterocycles. The van der Waals surface area contributed by atoms with E-state index >= 15 is 0 Å². The fourth-order valence-corrected chi connectivity index (χ4v) is 2.39. The van der Waals surface area contributed by atoms with Crippen LogP contribution in [-0.4, -0.2) is 11.0 Å². The first-order valence-corrected chi connectivity index (χ1v) is 7.10. The van der Waals surface area contributed by atoms with Crippen LogP contribution in [0.25, 0.3) is 0 Å². The number of oxime groups is 1. The van der Waals surface area contributed by atoms with Crippen molar-refractivity contribution in [2.24, 2.45) is 10.9 Å². The van der Waals surface area contributed by atoms with Crippen molar-refractivity contribution < 1.29 is 5.21 Å². The van der Waals surface area contributed by atoms with Gasteiger partial charge in [0.15, 0.2) is 5.84 Å². The molecule has 0 amide bonds. The molecule has 2 aromatic rings. The van der Waals surface area contributed by atoms with Gasteiger partial charge < -0.3 is 16.3 Å². The maximum Gasteiger partial charge on any atom is 0.170 e. The highest BCUT2D eigenvalue weighted by Gasteiger charge is 2.11. The number of benzene rings is 2. The molecule has 0 radical (unpaired) electrons. The van der Waals surface area contributed by atoms with Crippen molar-refractivity contribution in [2.45, 2.75) is 25.9 Å². The van der Waals surface area contributed by atoms with E-state index in [9.17, 15) is 0 Å². The third-order valence-electron chi connectivity index (χ3n) is 3.55. The Labute approximate surface area is 125 Å². The van der Waals surface area contributed by atoms with Crippen LogP contribution in [0.5, 0.6) is 0 Å². The van der Waals surface area contributed by atoms with Gasteiger partial charge in [-0.3, -0.25) is 0 Å². The molecule has 0 aliphatic rings. The largest absolute Gasteiger partial charge is 0.409 e. The summed E-state index contributed by atoms with van der Waals surface area (Å²) in [5.74, 6) is 0.139. The third-order valence-corrected chi connectivity index (χ3v) is 3.55. The van der Waals surface area contributed by atoms with Crippen molar-refractivity contribution in [2.75, 3.05) is 0 Å². The Morgan fingerprint density at radius 2 is 1.81 bits per heavy atom. The highest BCUT2D eigenvalue weighted by molar-refractivity contribution is 5.98. The van der Waals surface area contributed by atoms with Crippen molar-refractivity contribution in [3.63, 3.8) is 0 Å². The molecule has 0 bridgehead atoms. The predicted octanol–water partition coefficient (Wildman–Crippen LogP) is 3.02. The van der Waals surface area contributed by atoms with Crippen LogP contribution in [-0.2, 0) is 6.54 Å². The Morgan fingerprint density at radius 3 is 2.48 bits per heavy atom. The lowest BCUT2D eigenvalue weighted by molar-refractivity contribution is 0.318. The second kappa shape index (κ2) is 7.45. The van der Waals surface area contributed by atoms with Crippen LogP contribution in [0.15, 0.2) is 59.8 Å². The van der Waals surface area contributed by atoms with Crippen molar-refractivity contribution in [3.8, 4) is 0 Å². The van der Waals surface area contributed by atoms with Gasteiger partial charge in [0.25, 0.3) is 0 Å². The Bertz CT molecular complexity index is 596. The van der Waals surface area contributed by atoms with Gasteiger partial charge in [0.2, 0.25) is 0 Å². The molecule has 1 unspecified atom stereocenters. The summed E-state index contributed by atoms with van der Waals surface area (Å²) >= 11 is 0. The number of nitrogens with two attached hydrogens (primary N) is 1. The molecule has 21 heavy (non-hydrogen) atoms. The van der Waals surface area contributed by atoms with E-state index in [1.165, 1.54) is 5.56 Å². The minimum absolute atomic E-state index is 0.139. The maximum absolute atomic E-state index is 8.86. The fraction of sp³-hybridized carbons (Fsp3) is 0.235. The van der Waals surface area contributed by atoms with Crippen molar-refractivity contribution in [3.05, 3.63) is 71.3 Å². The van der Waals surface area contributed by atoms with Crippen molar-refractivity contribution in [1.29, 1.82) is 0 Å². The fourth-order valence-electron chi connectivity index (χ4n) is 2.39. The van der Waals surface area contributed by atoms with Gasteiger partial charge in [-0.2, -0.15) is 0 Å². The van der Waals surface area contributed by atoms with E-state index in [0.717, 1.165) is 17.5 Å². The van der Waals surface area contributed by atoms with Crippen LogP contribution >= 0.6 is 0 Å². The zero-order valence-corrected chi connectivity index (χ0v) is 12.2. The Kier molecular flexibility index (Phi) is 5.35. The normalized spacial score (nSPS) is 13.1. The lowest BCUT2D eigenvalue weighted by atomic mass is 10.0. The predicted molar refractivity (Wildman–Crippen MR) is 85.3 cm³/mol. The Balaban J connectivity index is 2.12. The van der Waals surface area contributed by atoms with E-state index in [2.05, 4.69) is 29.5 Å². The van der Waals surface area contributed by atoms with E-state index in [-0.39, 0.29) is 11.9 Å². The van der Waals surface area contributed by atoms with Gasteiger partial charge >= 0.3 is 0 Å². The van der Waals surface area contributed by atoms with Crippen molar-refractivity contribution >= 4 is 5.84 Å². The van der Waals surface area contributed by atoms with Gasteiger partial charge in [0, 0.05) is 18.2 Å². The zero-order valence-electron chi connectivity index (χ0n) is 12.2. The number of rotatable bonds is 6. The van der Waals surface area contributed by atoms with Gasteiger partial charge in [-0.1, -0.05) is 66.7 Å². The highest BCUT2D eigenvalue weighted by atomic mass is 16.4. The van der Waals surface area contributed by atoms with Crippen LogP contribution < -0.4 is 11.1 Å². The molecule has 0 aliphatic carbocycles. The monoisotopic (exact) mass is 283 g/mol. The SMILES string of the molecule is CCC(NCc1ccccc1C(N)=NO)c1ccccc1. The van der Waals surface area contributed by atoms with E-state index in [1.54, 1.807) is 0 Å². The first-order valence-electron chi connectivity index (χ1n) is 7.10. The van der Waals surface area contributed by atoms with Crippen LogP contribution in [0.2, 0.25) is 0 Å². The molecule has 0 heterocycles. The van der Waals surface area contributed by atoms with Crippen LogP contribution in [0.1, 0.15) is 36.1 Å². The highest BCUT2D eigenvalue weighted by Crippen LogP contribution is 2.17. The van der Waals surface area contributed by atoms with Crippen LogP contribution in [0.3, 0.4) is 0 Å². The topological polar surface area (TPSA) is 70.6 Å². The number of hydrogen-bond donors (Lipinski definition) is 3. The van der Waals surface area contributed by atoms with Gasteiger partial charge in [0.1, 0.15) is 0 Å². The molecule has 2 aromatic carbocycles. The second-order valence-corrected chi connectivity index (χ2v) is 4.89. The summed E-state index contributed by atoms with van der Waals surface area (Å²) in [6.45, 7) is 2.82. The molecule has 4 N–H and O–H groups in total. The molecular weight excluding hydrogens is 262 g/mol. The number of nitrogens with zero attached hydrogens (tertiary/aromatic N) is 1. The smallest absolute Gasteiger partial charge is 0.170 e. The zero-order chi connectivity index (χ0) is 15.1. The Hall–Kier alpha value is -2.33. The van der Waals surface area contributed by atoms with E-state index in [0.29, 0.717) is 6.54 Å². The molecule has 0 saturated carbocycles. The van der Waals surface area contributed by atoms with Gasteiger partial charge in [-0.05, 0) is 17.5 Å². The summed E-state index contributed by atoms with van der Waals surface area (Å²) in [6, 6.07) is 18.3. The number of amidine groups is 1. The van der Waals surface area contributed by atoms with Crippen molar-refractivity contribution in [1.82, 2.24) is 5.32 Å². The molecule has 110 valence electrons. The van der Waals surface area contributed by atoms with Gasteiger partial charge in [-0.15, -0.1) is 0 Å². The quantitative estimate of drug-likeness (QED) is 0.330. The summed E-state index contributed by atoms with van der Waals surface area (Å²) in [4.78, 5) is 0. The summed E-state index contributed by atoms with van der Waals surface area (Å²) in [5, 5.41) is 15.5. The molecule has 4 nitrogen and oxygen atoms in total. The Morgan fingerprint density at radius 1 is 1.14 bits per heavy atom. The summed E-state index contributed by atoms with van der Waals surface area (Å²) in [5.41, 5.74) is 8.76. The molecule has 0 fully saturated rings. The van der Waals surface area contributed by atoms with Gasteiger partial charge in [-0.25, -0.2) is 0 Å². The standard InChI is InChI=1S/C17H21N3O/c1-2-16(13-8-4-3-5-9-13)19-12-14-10-6-7-11-15(14)17(18)20-21/h3-11,16,19,21H,2,12H2,1H3,(H2,18,20). The van der Waals surface area contributed by atoms with Crippen LogP contribution in [0, 0.1) is 0 Å². The molecule has 0 spiro atoms. The number of nitrogens with one attached hydrogen (secondary N) is 1. The molecule has 2 rings (SSSR count). The first-order chi connectivity index (χ1) is 10.3. The van der Waals surface area contributed by atoms with Gasteiger partial charge in [0.05, 0.1) is 0 Å². The van der Waals surface area contributed by atoms with E-state index < -0.39 is 0 Å². The van der Waals surface area contributed by atoms with Crippen LogP contribution in [0.4, 0.5) is 0 Å². The number of hydrogen-bond acceptors (Lipinski definition) is 3. The van der Waals surface area contributed by atoms with E-state index in [1.807, 2.05) is 42.5 Å². The summed E-state index contributed by atoms with van der Waals surface area (Å²) in [6.07, 6.45) is 0.996. The first kappa shape index (κ1) is 15.1. The third kappa shape index (κ3) is 3.83.